The van der Waals surface area contributed by atoms with Gasteiger partial charge in [-0.05, 0) is 87.5 Å². The van der Waals surface area contributed by atoms with Crippen molar-refractivity contribution in [2.75, 3.05) is 18.6 Å². The first kappa shape index (κ1) is 28.6. The van der Waals surface area contributed by atoms with Crippen molar-refractivity contribution in [2.24, 2.45) is 0 Å². The van der Waals surface area contributed by atoms with E-state index in [-0.39, 0.29) is 23.7 Å². The number of ether oxygens (including phenoxy) is 2. The van der Waals surface area contributed by atoms with Crippen LogP contribution in [0, 0.1) is 0 Å². The summed E-state index contributed by atoms with van der Waals surface area (Å²) in [6, 6.07) is 6.44. The minimum atomic E-state index is -1.53. The van der Waals surface area contributed by atoms with Gasteiger partial charge in [0.2, 0.25) is 0 Å². The van der Waals surface area contributed by atoms with Crippen molar-refractivity contribution >= 4 is 64.0 Å². The maximum Gasteiger partial charge on any atom is 0.364 e. The third-order valence-corrected chi connectivity index (χ3v) is 7.19. The SMILES string of the molecule is CCOC(=O)C(CCSC)NC(=O)c1cc(Oc2c(Br)cc(C(C)(O)[PH+]=O)cc2Br)ccc1O. The second kappa shape index (κ2) is 12.9. The van der Waals surface area contributed by atoms with Crippen LogP contribution in [0.4, 0.5) is 0 Å². The van der Waals surface area contributed by atoms with Crippen LogP contribution < -0.4 is 10.1 Å². The van der Waals surface area contributed by atoms with Crippen LogP contribution in [0.5, 0.6) is 17.2 Å². The summed E-state index contributed by atoms with van der Waals surface area (Å²) >= 11 is 8.29. The van der Waals surface area contributed by atoms with Gasteiger partial charge in [0.25, 0.3) is 11.2 Å². The average Bonchev–Trinajstić information content (AvgIpc) is 2.79. The molecule has 0 fully saturated rings. The molecule has 2 rings (SSSR count). The highest BCUT2D eigenvalue weighted by Gasteiger charge is 2.33. The average molecular weight is 638 g/mol. The summed E-state index contributed by atoms with van der Waals surface area (Å²) in [6.45, 7) is 3.30. The van der Waals surface area contributed by atoms with Crippen molar-refractivity contribution in [1.82, 2.24) is 5.32 Å². The zero-order valence-corrected chi connectivity index (χ0v) is 23.7. The number of phenols is 1. The van der Waals surface area contributed by atoms with Gasteiger partial charge in [-0.25, -0.2) is 4.79 Å². The topological polar surface area (TPSA) is 122 Å². The Labute approximate surface area is 220 Å². The fourth-order valence-electron chi connectivity index (χ4n) is 2.84. The van der Waals surface area contributed by atoms with Gasteiger partial charge < -0.3 is 25.0 Å². The molecule has 34 heavy (non-hydrogen) atoms. The van der Waals surface area contributed by atoms with Crippen molar-refractivity contribution in [1.29, 1.82) is 0 Å². The van der Waals surface area contributed by atoms with E-state index in [4.69, 9.17) is 9.47 Å². The van der Waals surface area contributed by atoms with E-state index in [0.717, 1.165) is 0 Å². The summed E-state index contributed by atoms with van der Waals surface area (Å²) in [5.74, 6) is -0.251. The van der Waals surface area contributed by atoms with Crippen molar-refractivity contribution in [3.8, 4) is 17.2 Å². The number of aromatic hydroxyl groups is 1. The highest BCUT2D eigenvalue weighted by molar-refractivity contribution is 9.11. The Kier molecular flexibility index (Phi) is 10.8. The molecule has 0 aromatic heterocycles. The number of halogens is 2. The number of carbonyl (C=O) groups excluding carboxylic acids is 2. The molecule has 0 radical (unpaired) electrons. The van der Waals surface area contributed by atoms with Crippen molar-refractivity contribution < 1.29 is 33.8 Å². The minimum Gasteiger partial charge on any atom is -0.507 e. The van der Waals surface area contributed by atoms with Gasteiger partial charge >= 0.3 is 14.4 Å². The van der Waals surface area contributed by atoms with Crippen LogP contribution >= 0.6 is 52.1 Å². The molecule has 2 aromatic carbocycles. The zero-order chi connectivity index (χ0) is 25.5. The number of hydrogen-bond donors (Lipinski definition) is 3. The van der Waals surface area contributed by atoms with E-state index < -0.39 is 31.7 Å². The number of thioether (sulfide) groups is 1. The van der Waals surface area contributed by atoms with Gasteiger partial charge in [0.1, 0.15) is 17.5 Å². The molecule has 12 heteroatoms. The number of phenolic OH excluding ortho intramolecular Hbond substituents is 1. The number of nitrogens with one attached hydrogen (secondary N) is 1. The zero-order valence-electron chi connectivity index (χ0n) is 18.7. The molecule has 0 aliphatic rings. The molecule has 0 bridgehead atoms. The van der Waals surface area contributed by atoms with E-state index in [1.54, 1.807) is 19.1 Å². The molecule has 184 valence electrons. The second-order valence-corrected chi connectivity index (χ2v) is 11.2. The van der Waals surface area contributed by atoms with Crippen LogP contribution in [0.1, 0.15) is 36.2 Å². The molecular formula is C22H25Br2NO7PS+. The summed E-state index contributed by atoms with van der Waals surface area (Å²) in [4.78, 5) is 25.1. The van der Waals surface area contributed by atoms with E-state index >= 15 is 0 Å². The number of esters is 1. The lowest BCUT2D eigenvalue weighted by atomic mass is 10.1. The molecule has 8 nitrogen and oxygen atoms in total. The van der Waals surface area contributed by atoms with E-state index in [0.29, 0.717) is 32.4 Å². The van der Waals surface area contributed by atoms with Crippen LogP contribution in [0.15, 0.2) is 39.3 Å². The molecule has 1 amide bonds. The van der Waals surface area contributed by atoms with Gasteiger partial charge in [0.15, 0.2) is 5.75 Å². The highest BCUT2D eigenvalue weighted by Crippen LogP contribution is 2.42. The normalized spacial score (nSPS) is 13.7. The monoisotopic (exact) mass is 636 g/mol. The van der Waals surface area contributed by atoms with Crippen LogP contribution in [0.2, 0.25) is 0 Å². The molecule has 0 saturated carbocycles. The predicted octanol–water partition coefficient (Wildman–Crippen LogP) is 5.31. The van der Waals surface area contributed by atoms with Gasteiger partial charge in [0, 0.05) is 12.5 Å². The van der Waals surface area contributed by atoms with Crippen LogP contribution in [-0.2, 0) is 19.4 Å². The lowest BCUT2D eigenvalue weighted by molar-refractivity contribution is -0.145. The van der Waals surface area contributed by atoms with Crippen molar-refractivity contribution in [3.63, 3.8) is 0 Å². The smallest absolute Gasteiger partial charge is 0.364 e. The Morgan fingerprint density at radius 3 is 2.44 bits per heavy atom. The Morgan fingerprint density at radius 1 is 1.24 bits per heavy atom. The molecule has 0 aliphatic carbocycles. The maximum atomic E-state index is 12.9. The molecule has 0 aliphatic heterocycles. The van der Waals surface area contributed by atoms with Gasteiger partial charge in [-0.15, -0.1) is 0 Å². The number of hydrogen-bond acceptors (Lipinski definition) is 8. The summed E-state index contributed by atoms with van der Waals surface area (Å²) in [5, 5.41) is 21.6. The summed E-state index contributed by atoms with van der Waals surface area (Å²) < 4.78 is 23.2. The molecule has 3 unspecified atom stereocenters. The predicted molar refractivity (Wildman–Crippen MR) is 139 cm³/mol. The number of amides is 1. The first-order chi connectivity index (χ1) is 16.0. The molecule has 0 saturated heterocycles. The first-order valence-corrected chi connectivity index (χ1v) is 14.0. The molecule has 0 heterocycles. The molecule has 3 N–H and O–H groups in total. The second-order valence-electron chi connectivity index (χ2n) is 7.28. The van der Waals surface area contributed by atoms with Crippen molar-refractivity contribution in [2.45, 2.75) is 31.7 Å². The van der Waals surface area contributed by atoms with Gasteiger partial charge in [-0.2, -0.15) is 11.8 Å². The summed E-state index contributed by atoms with van der Waals surface area (Å²) in [5.41, 5.74) is 0.336. The van der Waals surface area contributed by atoms with Gasteiger partial charge in [-0.3, -0.25) is 4.79 Å². The molecule has 0 spiro atoms. The quantitative estimate of drug-likeness (QED) is 0.224. The number of benzene rings is 2. The largest absolute Gasteiger partial charge is 0.507 e. The van der Waals surface area contributed by atoms with Crippen molar-refractivity contribution in [3.05, 3.63) is 50.4 Å². The van der Waals surface area contributed by atoms with E-state index in [9.17, 15) is 24.4 Å². The summed E-state index contributed by atoms with van der Waals surface area (Å²) in [7, 11) is -0.970. The third kappa shape index (κ3) is 7.42. The number of carbonyl (C=O) groups is 2. The maximum absolute atomic E-state index is 12.9. The van der Waals surface area contributed by atoms with Gasteiger partial charge in [-0.1, -0.05) is 4.57 Å². The third-order valence-electron chi connectivity index (χ3n) is 4.68. The number of rotatable bonds is 11. The summed E-state index contributed by atoms with van der Waals surface area (Å²) in [6.07, 6.45) is 2.27. The number of aliphatic hydroxyl groups is 1. The fraction of sp³-hybridized carbons (Fsp3) is 0.364. The molecular weight excluding hydrogens is 613 g/mol. The van der Waals surface area contributed by atoms with E-state index in [2.05, 4.69) is 37.2 Å². The Bertz CT molecular complexity index is 1040. The van der Waals surface area contributed by atoms with Crippen LogP contribution in [-0.4, -0.2) is 46.7 Å². The van der Waals surface area contributed by atoms with Gasteiger partial charge in [0.05, 0.1) is 21.1 Å². The lowest BCUT2D eigenvalue weighted by Gasteiger charge is -2.18. The standard InChI is InChI=1S/C22H24Br2NO7PS/c1-4-31-21(28)17(7-8-34-3)25-20(27)14-11-13(5-6-18(14)26)32-19-15(23)9-12(10-16(19)24)22(2,29)33-30/h5-6,9-11,17,26,29H,4,7-8H2,1-3H3,(H,25,27)/p+1. The van der Waals surface area contributed by atoms with E-state index in [1.807, 2.05) is 6.26 Å². The Balaban J connectivity index is 2.30. The van der Waals surface area contributed by atoms with E-state index in [1.165, 1.54) is 36.9 Å². The fourth-order valence-corrected chi connectivity index (χ4v) is 4.92. The highest BCUT2D eigenvalue weighted by atomic mass is 79.9. The minimum absolute atomic E-state index is 0.0738. The Hall–Kier alpha value is -1.65. The molecule has 3 atom stereocenters. The molecule has 2 aromatic rings. The lowest BCUT2D eigenvalue weighted by Crippen LogP contribution is -2.42. The van der Waals surface area contributed by atoms with Crippen LogP contribution in [0.25, 0.3) is 0 Å². The Morgan fingerprint density at radius 2 is 1.88 bits per heavy atom. The van der Waals surface area contributed by atoms with Crippen LogP contribution in [0.3, 0.4) is 0 Å². The first-order valence-electron chi connectivity index (χ1n) is 10.1.